The summed E-state index contributed by atoms with van der Waals surface area (Å²) in [7, 11) is 1.48. The topological polar surface area (TPSA) is 95.0 Å². The van der Waals surface area contributed by atoms with Gasteiger partial charge in [0.2, 0.25) is 0 Å². The number of amides is 1. The number of benzene rings is 2. The lowest BCUT2D eigenvalue weighted by Crippen LogP contribution is -2.21. The molecule has 2 aromatic heterocycles. The van der Waals surface area contributed by atoms with Crippen LogP contribution >= 0.6 is 0 Å². The number of anilines is 1. The predicted molar refractivity (Wildman–Crippen MR) is 95.7 cm³/mol. The van der Waals surface area contributed by atoms with E-state index in [0.717, 1.165) is 24.3 Å². The monoisotopic (exact) mass is 421 g/mol. The number of oxazole rings is 1. The summed E-state index contributed by atoms with van der Waals surface area (Å²) in [6.07, 6.45) is -4.97. The van der Waals surface area contributed by atoms with Crippen LogP contribution in [0.2, 0.25) is 0 Å². The third kappa shape index (κ3) is 3.32. The van der Waals surface area contributed by atoms with Gasteiger partial charge in [0.1, 0.15) is 5.82 Å². The van der Waals surface area contributed by atoms with Crippen LogP contribution in [0.1, 0.15) is 16.2 Å². The Morgan fingerprint density at radius 2 is 1.83 bits per heavy atom. The van der Waals surface area contributed by atoms with Crippen LogP contribution in [0.15, 0.2) is 51.7 Å². The van der Waals surface area contributed by atoms with Gasteiger partial charge in [-0.05, 0) is 36.4 Å². The lowest BCUT2D eigenvalue weighted by molar-refractivity contribution is -0.143. The van der Waals surface area contributed by atoms with Crippen molar-refractivity contribution in [2.75, 3.05) is 5.32 Å². The molecule has 0 saturated heterocycles. The first-order chi connectivity index (χ1) is 14.1. The average Bonchev–Trinajstić information content (AvgIpc) is 3.24. The molecule has 154 valence electrons. The minimum atomic E-state index is -4.97. The van der Waals surface area contributed by atoms with E-state index in [9.17, 15) is 27.2 Å². The van der Waals surface area contributed by atoms with Crippen LogP contribution in [0.3, 0.4) is 0 Å². The second-order valence-corrected chi connectivity index (χ2v) is 6.24. The first-order valence-electron chi connectivity index (χ1n) is 8.35. The Bertz CT molecular complexity index is 1320. The van der Waals surface area contributed by atoms with E-state index in [1.807, 2.05) is 0 Å². The van der Waals surface area contributed by atoms with Crippen molar-refractivity contribution in [3.8, 4) is 5.69 Å². The van der Waals surface area contributed by atoms with Crippen LogP contribution in [0.25, 0.3) is 16.8 Å². The lowest BCUT2D eigenvalue weighted by atomic mass is 10.2. The Kier molecular flexibility index (Phi) is 4.41. The summed E-state index contributed by atoms with van der Waals surface area (Å²) in [6.45, 7) is 0. The number of hydrogen-bond acceptors (Lipinski definition) is 5. The number of nitrogens with one attached hydrogen (secondary N) is 1. The summed E-state index contributed by atoms with van der Waals surface area (Å²) >= 11 is 0. The maximum atomic E-state index is 13.7. The standard InChI is InChI=1S/C18H11F4N5O3/c1-26-12-7-4-10(8-13(12)30-17(26)29)23-16(28)14-15(18(20,21)22)27(25-24-14)11-5-2-9(19)3-6-11/h2-8H,1H3,(H,23,28). The fourth-order valence-electron chi connectivity index (χ4n) is 2.85. The lowest BCUT2D eigenvalue weighted by Gasteiger charge is -2.11. The molecule has 4 rings (SSSR count). The number of aromatic nitrogens is 4. The Labute approximate surface area is 164 Å². The molecule has 2 aromatic carbocycles. The smallest absolute Gasteiger partial charge is 0.408 e. The normalized spacial score (nSPS) is 11.8. The van der Waals surface area contributed by atoms with Crippen molar-refractivity contribution in [3.05, 3.63) is 70.2 Å². The second-order valence-electron chi connectivity index (χ2n) is 6.24. The van der Waals surface area contributed by atoms with Gasteiger partial charge in [0.25, 0.3) is 5.91 Å². The van der Waals surface area contributed by atoms with Crippen molar-refractivity contribution in [2.24, 2.45) is 7.05 Å². The first kappa shape index (κ1) is 19.4. The van der Waals surface area contributed by atoms with Crippen molar-refractivity contribution < 1.29 is 26.8 Å². The molecule has 8 nitrogen and oxygen atoms in total. The Morgan fingerprint density at radius 3 is 2.50 bits per heavy atom. The van der Waals surface area contributed by atoms with Gasteiger partial charge < -0.3 is 9.73 Å². The molecule has 0 aliphatic rings. The molecule has 0 aliphatic carbocycles. The molecule has 1 N–H and O–H groups in total. The number of aryl methyl sites for hydroxylation is 1. The zero-order chi connectivity index (χ0) is 21.6. The highest BCUT2D eigenvalue weighted by atomic mass is 19.4. The molecule has 30 heavy (non-hydrogen) atoms. The van der Waals surface area contributed by atoms with Gasteiger partial charge in [0.05, 0.1) is 11.2 Å². The van der Waals surface area contributed by atoms with Gasteiger partial charge in [-0.15, -0.1) is 5.10 Å². The average molecular weight is 421 g/mol. The highest BCUT2D eigenvalue weighted by molar-refractivity contribution is 6.04. The molecule has 0 saturated carbocycles. The van der Waals surface area contributed by atoms with Gasteiger partial charge in [-0.1, -0.05) is 5.21 Å². The molecular weight excluding hydrogens is 410 g/mol. The number of nitrogens with zero attached hydrogens (tertiary/aromatic N) is 4. The Hall–Kier alpha value is -3.96. The van der Waals surface area contributed by atoms with E-state index in [4.69, 9.17) is 4.42 Å². The molecule has 0 bridgehead atoms. The van der Waals surface area contributed by atoms with Gasteiger partial charge in [0.15, 0.2) is 17.0 Å². The van der Waals surface area contributed by atoms with Gasteiger partial charge in [0, 0.05) is 18.8 Å². The number of alkyl halides is 3. The molecule has 0 spiro atoms. The number of halogens is 4. The summed E-state index contributed by atoms with van der Waals surface area (Å²) < 4.78 is 60.7. The molecule has 0 radical (unpaired) electrons. The predicted octanol–water partition coefficient (Wildman–Crippen LogP) is 3.12. The molecule has 4 aromatic rings. The Balaban J connectivity index is 1.72. The fraction of sp³-hybridized carbons (Fsp3) is 0.111. The number of carbonyl (C=O) groups excluding carboxylic acids is 1. The van der Waals surface area contributed by atoms with E-state index in [0.29, 0.717) is 10.2 Å². The zero-order valence-electron chi connectivity index (χ0n) is 15.1. The van der Waals surface area contributed by atoms with Crippen LogP contribution in [-0.4, -0.2) is 25.5 Å². The SMILES string of the molecule is Cn1c(=O)oc2cc(NC(=O)c3nnn(-c4ccc(F)cc4)c3C(F)(F)F)ccc21. The van der Waals surface area contributed by atoms with Crippen LogP contribution < -0.4 is 11.1 Å². The summed E-state index contributed by atoms with van der Waals surface area (Å²) in [5.74, 6) is -2.45. The van der Waals surface area contributed by atoms with Gasteiger partial charge in [-0.2, -0.15) is 13.2 Å². The van der Waals surface area contributed by atoms with E-state index in [2.05, 4.69) is 15.6 Å². The number of carbonyl (C=O) groups is 1. The minimum absolute atomic E-state index is 0.0892. The van der Waals surface area contributed by atoms with Crippen LogP contribution in [0, 0.1) is 5.82 Å². The van der Waals surface area contributed by atoms with Gasteiger partial charge >= 0.3 is 11.9 Å². The molecular formula is C18H11F4N5O3. The van der Waals surface area contributed by atoms with Crippen LogP contribution in [0.4, 0.5) is 23.2 Å². The van der Waals surface area contributed by atoms with E-state index < -0.39 is 35.0 Å². The second kappa shape index (κ2) is 6.83. The molecule has 0 aliphatic heterocycles. The van der Waals surface area contributed by atoms with E-state index in [1.165, 1.54) is 29.8 Å². The van der Waals surface area contributed by atoms with Crippen molar-refractivity contribution in [3.63, 3.8) is 0 Å². The molecule has 2 heterocycles. The quantitative estimate of drug-likeness (QED) is 0.513. The summed E-state index contributed by atoms with van der Waals surface area (Å²) in [5, 5.41) is 9.06. The van der Waals surface area contributed by atoms with Gasteiger partial charge in [-0.25, -0.2) is 13.9 Å². The number of rotatable bonds is 3. The van der Waals surface area contributed by atoms with Crippen LogP contribution in [-0.2, 0) is 13.2 Å². The maximum absolute atomic E-state index is 13.7. The minimum Gasteiger partial charge on any atom is -0.408 e. The molecule has 0 fully saturated rings. The highest BCUT2D eigenvalue weighted by Gasteiger charge is 2.42. The summed E-state index contributed by atoms with van der Waals surface area (Å²) in [6, 6.07) is 8.23. The third-order valence-electron chi connectivity index (χ3n) is 4.28. The van der Waals surface area contributed by atoms with Crippen molar-refractivity contribution in [2.45, 2.75) is 6.18 Å². The molecule has 0 unspecified atom stereocenters. The maximum Gasteiger partial charge on any atom is 0.435 e. The molecule has 12 heteroatoms. The van der Waals surface area contributed by atoms with E-state index >= 15 is 0 Å². The van der Waals surface area contributed by atoms with Crippen molar-refractivity contribution >= 4 is 22.7 Å². The molecule has 1 amide bonds. The largest absolute Gasteiger partial charge is 0.435 e. The number of fused-ring (bicyclic) bond motifs is 1. The van der Waals surface area contributed by atoms with Crippen molar-refractivity contribution in [1.29, 1.82) is 0 Å². The Morgan fingerprint density at radius 1 is 1.13 bits per heavy atom. The summed E-state index contributed by atoms with van der Waals surface area (Å²) in [4.78, 5) is 24.1. The molecule has 0 atom stereocenters. The van der Waals surface area contributed by atoms with Gasteiger partial charge in [-0.3, -0.25) is 9.36 Å². The highest BCUT2D eigenvalue weighted by Crippen LogP contribution is 2.33. The van der Waals surface area contributed by atoms with E-state index in [-0.39, 0.29) is 17.0 Å². The number of hydrogen-bond donors (Lipinski definition) is 1. The summed E-state index contributed by atoms with van der Waals surface area (Å²) in [5.41, 5.74) is -1.84. The van der Waals surface area contributed by atoms with Crippen molar-refractivity contribution in [1.82, 2.24) is 19.6 Å². The third-order valence-corrected chi connectivity index (χ3v) is 4.28. The van der Waals surface area contributed by atoms with Crippen LogP contribution in [0.5, 0.6) is 0 Å². The first-order valence-corrected chi connectivity index (χ1v) is 8.35. The van der Waals surface area contributed by atoms with E-state index in [1.54, 1.807) is 0 Å². The fourth-order valence-corrected chi connectivity index (χ4v) is 2.85. The zero-order valence-corrected chi connectivity index (χ0v) is 15.1.